The molecule has 1 aliphatic rings. The van der Waals surface area contributed by atoms with Gasteiger partial charge in [0.1, 0.15) is 6.10 Å². The van der Waals surface area contributed by atoms with Gasteiger partial charge >= 0.3 is 0 Å². The second-order valence-electron chi connectivity index (χ2n) is 5.43. The number of hydrogen-bond acceptors (Lipinski definition) is 3. The zero-order valence-electron chi connectivity index (χ0n) is 12.4. The first kappa shape index (κ1) is 16.4. The molecule has 0 bridgehead atoms. The van der Waals surface area contributed by atoms with E-state index in [1.807, 2.05) is 13.8 Å². The number of aliphatic hydroxyl groups is 1. The molecule has 0 spiro atoms. The molecule has 0 radical (unpaired) electrons. The van der Waals surface area contributed by atoms with Gasteiger partial charge in [0.15, 0.2) is 0 Å². The lowest BCUT2D eigenvalue weighted by Gasteiger charge is -2.26. The van der Waals surface area contributed by atoms with E-state index in [1.54, 1.807) is 0 Å². The zero-order valence-corrected chi connectivity index (χ0v) is 12.4. The van der Waals surface area contributed by atoms with Crippen LogP contribution in [0.15, 0.2) is 0 Å². The lowest BCUT2D eigenvalue weighted by atomic mass is 9.97. The molecular weight excluding hydrogens is 242 g/mol. The molecule has 1 saturated carbocycles. The average molecular weight is 271 g/mol. The summed E-state index contributed by atoms with van der Waals surface area (Å²) in [6.45, 7) is 4.44. The summed E-state index contributed by atoms with van der Waals surface area (Å²) in [6.07, 6.45) is 7.53. The molecule has 4 nitrogen and oxygen atoms in total. The maximum absolute atomic E-state index is 12.0. The van der Waals surface area contributed by atoms with E-state index in [2.05, 4.69) is 5.32 Å². The molecule has 1 amide bonds. The summed E-state index contributed by atoms with van der Waals surface area (Å²) < 4.78 is 5.91. The molecule has 4 heteroatoms. The van der Waals surface area contributed by atoms with Crippen LogP contribution in [0.4, 0.5) is 0 Å². The molecule has 2 atom stereocenters. The predicted molar refractivity (Wildman–Crippen MR) is 76.0 cm³/mol. The van der Waals surface area contributed by atoms with Crippen molar-refractivity contribution in [2.24, 2.45) is 0 Å². The second-order valence-corrected chi connectivity index (χ2v) is 5.43. The van der Waals surface area contributed by atoms with Crippen LogP contribution in [0.2, 0.25) is 0 Å². The van der Waals surface area contributed by atoms with Gasteiger partial charge in [-0.15, -0.1) is 0 Å². The Morgan fingerprint density at radius 3 is 2.53 bits per heavy atom. The number of hydrogen-bond donors (Lipinski definition) is 2. The van der Waals surface area contributed by atoms with Crippen molar-refractivity contribution in [1.29, 1.82) is 0 Å². The summed E-state index contributed by atoms with van der Waals surface area (Å²) in [4.78, 5) is 12.0. The minimum atomic E-state index is -0.332. The van der Waals surface area contributed by atoms with Crippen LogP contribution >= 0.6 is 0 Å². The van der Waals surface area contributed by atoms with Gasteiger partial charge < -0.3 is 15.2 Å². The van der Waals surface area contributed by atoms with Crippen LogP contribution in [0.5, 0.6) is 0 Å². The van der Waals surface area contributed by atoms with Crippen molar-refractivity contribution < 1.29 is 14.6 Å². The van der Waals surface area contributed by atoms with Gasteiger partial charge in [-0.2, -0.15) is 0 Å². The summed E-state index contributed by atoms with van der Waals surface area (Å²) in [6, 6.07) is 0. The van der Waals surface area contributed by atoms with Crippen LogP contribution in [-0.4, -0.2) is 35.9 Å². The van der Waals surface area contributed by atoms with Crippen molar-refractivity contribution in [2.75, 3.05) is 6.54 Å². The highest BCUT2D eigenvalue weighted by Gasteiger charge is 2.23. The Hall–Kier alpha value is -0.610. The minimum absolute atomic E-state index is 0.0311. The molecule has 1 aliphatic carbocycles. The van der Waals surface area contributed by atoms with Crippen molar-refractivity contribution in [3.05, 3.63) is 0 Å². The molecule has 0 aromatic rings. The topological polar surface area (TPSA) is 58.6 Å². The van der Waals surface area contributed by atoms with E-state index in [0.717, 1.165) is 19.3 Å². The van der Waals surface area contributed by atoms with E-state index in [0.29, 0.717) is 19.4 Å². The summed E-state index contributed by atoms with van der Waals surface area (Å²) in [5.74, 6) is -0.0311. The van der Waals surface area contributed by atoms with Gasteiger partial charge in [-0.1, -0.05) is 33.1 Å². The first-order chi connectivity index (χ1) is 9.17. The third-order valence-corrected chi connectivity index (χ3v) is 3.82. The van der Waals surface area contributed by atoms with Gasteiger partial charge in [0.25, 0.3) is 0 Å². The van der Waals surface area contributed by atoms with Crippen LogP contribution in [0.3, 0.4) is 0 Å². The molecule has 112 valence electrons. The number of amides is 1. The van der Waals surface area contributed by atoms with E-state index in [-0.39, 0.29) is 24.2 Å². The van der Waals surface area contributed by atoms with Gasteiger partial charge in [0.05, 0.1) is 12.2 Å². The van der Waals surface area contributed by atoms with Crippen LogP contribution in [0.1, 0.15) is 65.2 Å². The highest BCUT2D eigenvalue weighted by Crippen LogP contribution is 2.22. The van der Waals surface area contributed by atoms with Crippen molar-refractivity contribution in [3.8, 4) is 0 Å². The van der Waals surface area contributed by atoms with Crippen molar-refractivity contribution in [1.82, 2.24) is 5.32 Å². The summed E-state index contributed by atoms with van der Waals surface area (Å²) in [5, 5.41) is 12.3. The van der Waals surface area contributed by atoms with Gasteiger partial charge in [-0.25, -0.2) is 0 Å². The Morgan fingerprint density at radius 1 is 1.26 bits per heavy atom. The number of ether oxygens (including phenoxy) is 1. The molecule has 1 rings (SSSR count). The molecule has 0 aromatic heterocycles. The fraction of sp³-hybridized carbons (Fsp3) is 0.933. The van der Waals surface area contributed by atoms with E-state index < -0.39 is 0 Å². The molecule has 2 N–H and O–H groups in total. The molecule has 2 unspecified atom stereocenters. The first-order valence-corrected chi connectivity index (χ1v) is 7.78. The third-order valence-electron chi connectivity index (χ3n) is 3.82. The molecule has 0 saturated heterocycles. The quantitative estimate of drug-likeness (QED) is 0.712. The SMILES string of the molecule is CCC(O)CCNC(=O)C(CC)OC1CCCCC1. The Labute approximate surface area is 116 Å². The van der Waals surface area contributed by atoms with Gasteiger partial charge in [0, 0.05) is 6.54 Å². The Morgan fingerprint density at radius 2 is 1.95 bits per heavy atom. The van der Waals surface area contributed by atoms with E-state index >= 15 is 0 Å². The fourth-order valence-electron chi connectivity index (χ4n) is 2.46. The number of carbonyl (C=O) groups is 1. The van der Waals surface area contributed by atoms with Gasteiger partial charge in [0.2, 0.25) is 5.91 Å². The largest absolute Gasteiger partial charge is 0.393 e. The maximum Gasteiger partial charge on any atom is 0.249 e. The average Bonchev–Trinajstić information content (AvgIpc) is 2.45. The molecule has 0 aromatic carbocycles. The normalized spacial score (nSPS) is 19.9. The van der Waals surface area contributed by atoms with E-state index in [4.69, 9.17) is 4.74 Å². The Balaban J connectivity index is 2.26. The summed E-state index contributed by atoms with van der Waals surface area (Å²) in [7, 11) is 0. The van der Waals surface area contributed by atoms with Crippen molar-refractivity contribution in [3.63, 3.8) is 0 Å². The lowest BCUT2D eigenvalue weighted by molar-refractivity contribution is -0.138. The van der Waals surface area contributed by atoms with Crippen molar-refractivity contribution >= 4 is 5.91 Å². The van der Waals surface area contributed by atoms with E-state index in [9.17, 15) is 9.90 Å². The van der Waals surface area contributed by atoms with Crippen molar-refractivity contribution in [2.45, 2.75) is 83.5 Å². The Bertz CT molecular complexity index is 252. The fourth-order valence-corrected chi connectivity index (χ4v) is 2.46. The summed E-state index contributed by atoms with van der Waals surface area (Å²) >= 11 is 0. The van der Waals surface area contributed by atoms with Crippen LogP contribution in [-0.2, 0) is 9.53 Å². The summed E-state index contributed by atoms with van der Waals surface area (Å²) in [5.41, 5.74) is 0. The van der Waals surface area contributed by atoms with Gasteiger partial charge in [-0.3, -0.25) is 4.79 Å². The van der Waals surface area contributed by atoms with Crippen LogP contribution < -0.4 is 5.32 Å². The number of carbonyl (C=O) groups excluding carboxylic acids is 1. The molecule has 0 heterocycles. The molecule has 0 aliphatic heterocycles. The number of nitrogens with one attached hydrogen (secondary N) is 1. The monoisotopic (exact) mass is 271 g/mol. The minimum Gasteiger partial charge on any atom is -0.393 e. The Kier molecular flexibility index (Phi) is 8.07. The molecular formula is C15H29NO3. The third kappa shape index (κ3) is 6.39. The molecule has 1 fully saturated rings. The van der Waals surface area contributed by atoms with Crippen LogP contribution in [0.25, 0.3) is 0 Å². The van der Waals surface area contributed by atoms with E-state index in [1.165, 1.54) is 19.3 Å². The highest BCUT2D eigenvalue weighted by atomic mass is 16.5. The van der Waals surface area contributed by atoms with Crippen LogP contribution in [0, 0.1) is 0 Å². The molecule has 19 heavy (non-hydrogen) atoms. The lowest BCUT2D eigenvalue weighted by Crippen LogP contribution is -2.39. The predicted octanol–water partition coefficient (Wildman–Crippen LogP) is 2.39. The maximum atomic E-state index is 12.0. The zero-order chi connectivity index (χ0) is 14.1. The standard InChI is InChI=1S/C15H29NO3/c1-3-12(17)10-11-16-15(18)14(4-2)19-13-8-6-5-7-9-13/h12-14,17H,3-11H2,1-2H3,(H,16,18). The smallest absolute Gasteiger partial charge is 0.249 e. The first-order valence-electron chi connectivity index (χ1n) is 7.78. The second kappa shape index (κ2) is 9.32. The van der Waals surface area contributed by atoms with Gasteiger partial charge in [-0.05, 0) is 32.1 Å². The number of aliphatic hydroxyl groups excluding tert-OH is 1. The number of rotatable bonds is 8. The highest BCUT2D eigenvalue weighted by molar-refractivity contribution is 5.80.